The number of aliphatic hydroxyl groups excluding tert-OH is 1. The number of carbonyl (C=O) groups excluding carboxylic acids is 1. The van der Waals surface area contributed by atoms with Crippen LogP contribution in [0.5, 0.6) is 0 Å². The van der Waals surface area contributed by atoms with Crippen molar-refractivity contribution < 1.29 is 19.4 Å². The number of fused-ring (bicyclic) bond motifs is 1. The molecule has 0 aliphatic heterocycles. The summed E-state index contributed by atoms with van der Waals surface area (Å²) in [6, 6.07) is 9.39. The van der Waals surface area contributed by atoms with E-state index in [2.05, 4.69) is 16.5 Å². The maximum Gasteiger partial charge on any atom is 0.348 e. The number of rotatable bonds is 11. The van der Waals surface area contributed by atoms with E-state index in [9.17, 15) is 14.7 Å². The molecule has 0 saturated carbocycles. The number of aromatic amines is 1. The predicted molar refractivity (Wildman–Crippen MR) is 124 cm³/mol. The number of nitrogens with zero attached hydrogens (tertiary/aromatic N) is 2. The Bertz CT molecular complexity index is 1130. The Hall–Kier alpha value is -2.85. The maximum absolute atomic E-state index is 12.8. The highest BCUT2D eigenvalue weighted by atomic mass is 32.1. The van der Waals surface area contributed by atoms with E-state index in [0.29, 0.717) is 52.7 Å². The van der Waals surface area contributed by atoms with Gasteiger partial charge in [0, 0.05) is 20.2 Å². The Morgan fingerprint density at radius 3 is 2.81 bits per heavy atom. The smallest absolute Gasteiger partial charge is 0.348 e. The molecule has 0 unspecified atom stereocenters. The van der Waals surface area contributed by atoms with Crippen molar-refractivity contribution in [2.24, 2.45) is 0 Å². The zero-order chi connectivity index (χ0) is 23.1. The van der Waals surface area contributed by atoms with Crippen molar-refractivity contribution in [1.29, 1.82) is 0 Å². The van der Waals surface area contributed by atoms with Crippen LogP contribution >= 0.6 is 11.3 Å². The number of methoxy groups -OCH3 is 1. The minimum absolute atomic E-state index is 0.0970. The molecule has 1 aromatic carbocycles. The van der Waals surface area contributed by atoms with E-state index in [1.54, 1.807) is 14.0 Å². The van der Waals surface area contributed by atoms with Gasteiger partial charge in [0.25, 0.3) is 5.56 Å². The van der Waals surface area contributed by atoms with Gasteiger partial charge in [-0.3, -0.25) is 9.69 Å². The van der Waals surface area contributed by atoms with E-state index in [1.807, 2.05) is 35.2 Å². The number of carbonyl (C=O) groups is 1. The molecule has 0 aliphatic carbocycles. The van der Waals surface area contributed by atoms with Gasteiger partial charge < -0.3 is 19.6 Å². The topological polar surface area (TPSA) is 105 Å². The van der Waals surface area contributed by atoms with Crippen molar-refractivity contribution in [3.8, 4) is 0 Å². The summed E-state index contributed by atoms with van der Waals surface area (Å²) >= 11 is 1.13. The van der Waals surface area contributed by atoms with Crippen molar-refractivity contribution in [2.75, 3.05) is 33.4 Å². The predicted octanol–water partition coefficient (Wildman–Crippen LogP) is 2.82. The summed E-state index contributed by atoms with van der Waals surface area (Å²) in [6.45, 7) is 7.01. The van der Waals surface area contributed by atoms with Crippen LogP contribution in [-0.4, -0.2) is 59.4 Å². The van der Waals surface area contributed by atoms with Crippen LogP contribution in [0.1, 0.15) is 32.7 Å². The minimum atomic E-state index is -0.696. The van der Waals surface area contributed by atoms with Crippen LogP contribution in [0.4, 0.5) is 0 Å². The van der Waals surface area contributed by atoms with E-state index < -0.39 is 12.1 Å². The zero-order valence-electron chi connectivity index (χ0n) is 18.2. The lowest BCUT2D eigenvalue weighted by molar-refractivity contribution is 0.0554. The van der Waals surface area contributed by atoms with Crippen molar-refractivity contribution >= 4 is 27.5 Å². The number of aryl methyl sites for hydroxylation is 1. The monoisotopic (exact) mass is 457 g/mol. The lowest BCUT2D eigenvalue weighted by Gasteiger charge is -2.24. The first-order chi connectivity index (χ1) is 15.4. The molecule has 2 N–H and O–H groups in total. The summed E-state index contributed by atoms with van der Waals surface area (Å²) in [4.78, 5) is 35.2. The van der Waals surface area contributed by atoms with E-state index in [1.165, 1.54) is 6.08 Å². The number of aromatic nitrogens is 2. The van der Waals surface area contributed by atoms with Gasteiger partial charge in [-0.05, 0) is 18.1 Å². The number of hydrogen-bond acceptors (Lipinski definition) is 8. The van der Waals surface area contributed by atoms with Gasteiger partial charge in [-0.2, -0.15) is 0 Å². The quantitative estimate of drug-likeness (QED) is 0.337. The minimum Gasteiger partial charge on any atom is -0.457 e. The van der Waals surface area contributed by atoms with Gasteiger partial charge in [-0.1, -0.05) is 43.0 Å². The van der Waals surface area contributed by atoms with Crippen LogP contribution < -0.4 is 5.56 Å². The molecule has 0 fully saturated rings. The average molecular weight is 458 g/mol. The van der Waals surface area contributed by atoms with E-state index in [4.69, 9.17) is 9.47 Å². The Morgan fingerprint density at radius 2 is 2.12 bits per heavy atom. The largest absolute Gasteiger partial charge is 0.457 e. The molecular formula is C23H27N3O5S. The van der Waals surface area contributed by atoms with Crippen LogP contribution in [-0.2, 0) is 16.0 Å². The third-order valence-corrected chi connectivity index (χ3v) is 6.13. The van der Waals surface area contributed by atoms with Gasteiger partial charge in [-0.15, -0.1) is 11.3 Å². The Morgan fingerprint density at radius 1 is 1.38 bits per heavy atom. The first kappa shape index (κ1) is 23.8. The lowest BCUT2D eigenvalue weighted by atomic mass is 10.1. The molecule has 8 nitrogen and oxygen atoms in total. The summed E-state index contributed by atoms with van der Waals surface area (Å²) in [5.74, 6) is -0.0508. The molecule has 0 radical (unpaired) electrons. The first-order valence-corrected chi connectivity index (χ1v) is 11.0. The van der Waals surface area contributed by atoms with E-state index in [0.717, 1.165) is 16.9 Å². The summed E-state index contributed by atoms with van der Waals surface area (Å²) in [6.07, 6.45) is 0.793. The number of benzene rings is 1. The van der Waals surface area contributed by atoms with Crippen LogP contribution in [0.25, 0.3) is 10.2 Å². The van der Waals surface area contributed by atoms with Gasteiger partial charge in [0.15, 0.2) is 0 Å². The summed E-state index contributed by atoms with van der Waals surface area (Å²) in [5.41, 5.74) is 1.05. The molecule has 3 rings (SSSR count). The normalized spacial score (nSPS) is 12.2. The number of thiophene rings is 1. The molecule has 1 atom stereocenters. The highest BCUT2D eigenvalue weighted by Crippen LogP contribution is 2.28. The molecule has 0 saturated heterocycles. The fraction of sp³-hybridized carbons (Fsp3) is 0.348. The molecule has 0 amide bonds. The van der Waals surface area contributed by atoms with Crippen LogP contribution in [0.15, 0.2) is 47.8 Å². The summed E-state index contributed by atoms with van der Waals surface area (Å²) in [7, 11) is 1.61. The van der Waals surface area contributed by atoms with E-state index >= 15 is 0 Å². The second-order valence-corrected chi connectivity index (χ2v) is 8.29. The van der Waals surface area contributed by atoms with Gasteiger partial charge in [-0.25, -0.2) is 9.78 Å². The van der Waals surface area contributed by atoms with Crippen molar-refractivity contribution in [2.45, 2.75) is 19.6 Å². The van der Waals surface area contributed by atoms with E-state index in [-0.39, 0.29) is 12.2 Å². The Kier molecular flexibility index (Phi) is 8.29. The fourth-order valence-corrected chi connectivity index (χ4v) is 4.44. The van der Waals surface area contributed by atoms with Crippen LogP contribution in [0, 0.1) is 6.92 Å². The fourth-order valence-electron chi connectivity index (χ4n) is 3.35. The molecule has 0 spiro atoms. The summed E-state index contributed by atoms with van der Waals surface area (Å²) in [5, 5.41) is 11.0. The van der Waals surface area contributed by atoms with Gasteiger partial charge in [0.2, 0.25) is 0 Å². The molecular weight excluding hydrogens is 430 g/mol. The number of esters is 1. The van der Waals surface area contributed by atoms with Gasteiger partial charge in [0.05, 0.1) is 24.6 Å². The molecule has 3 aromatic rings. The second-order valence-electron chi connectivity index (χ2n) is 7.29. The van der Waals surface area contributed by atoms with Gasteiger partial charge in [0.1, 0.15) is 22.1 Å². The number of aliphatic hydroxyl groups is 1. The molecule has 32 heavy (non-hydrogen) atoms. The number of hydrogen-bond donors (Lipinski definition) is 2. The Labute approximate surface area is 190 Å². The van der Waals surface area contributed by atoms with Gasteiger partial charge >= 0.3 is 5.97 Å². The first-order valence-electron chi connectivity index (χ1n) is 10.2. The number of H-pyrrole nitrogens is 1. The highest BCUT2D eigenvalue weighted by molar-refractivity contribution is 7.20. The van der Waals surface area contributed by atoms with Crippen LogP contribution in [0.3, 0.4) is 0 Å². The van der Waals surface area contributed by atoms with Crippen molar-refractivity contribution in [3.05, 3.63) is 75.2 Å². The SMILES string of the molecule is C=CCOC(=O)c1sc2nc(CN(CCOC)C[C@H](O)c3ccccc3)[nH]c(=O)c2c1C. The van der Waals surface area contributed by atoms with Crippen molar-refractivity contribution in [3.63, 3.8) is 0 Å². The molecule has 170 valence electrons. The molecule has 2 heterocycles. The number of nitrogens with one attached hydrogen (secondary N) is 1. The van der Waals surface area contributed by atoms with Crippen molar-refractivity contribution in [1.82, 2.24) is 14.9 Å². The average Bonchev–Trinajstić information content (AvgIpc) is 3.13. The number of ether oxygens (including phenoxy) is 2. The molecule has 2 aromatic heterocycles. The maximum atomic E-state index is 12.8. The zero-order valence-corrected chi connectivity index (χ0v) is 19.0. The third kappa shape index (κ3) is 5.68. The Balaban J connectivity index is 1.85. The third-order valence-electron chi connectivity index (χ3n) is 4.97. The summed E-state index contributed by atoms with van der Waals surface area (Å²) < 4.78 is 10.3. The molecule has 9 heteroatoms. The lowest BCUT2D eigenvalue weighted by Crippen LogP contribution is -2.32. The molecule has 0 aliphatic rings. The highest BCUT2D eigenvalue weighted by Gasteiger charge is 2.21. The van der Waals surface area contributed by atoms with Crippen LogP contribution in [0.2, 0.25) is 0 Å². The standard InChI is InChI=1S/C23H27N3O5S/c1-4-11-31-23(29)20-15(2)19-21(28)24-18(25-22(19)32-20)14-26(10-12-30-3)13-17(27)16-8-6-5-7-9-16/h4-9,17,27H,1,10-14H2,2-3H3,(H,24,25,28)/t17-/m0/s1. The second kappa shape index (κ2) is 11.1. The molecule has 0 bridgehead atoms.